The van der Waals surface area contributed by atoms with Gasteiger partial charge < -0.3 is 20.5 Å². The SMILES string of the molecule is CCCCc1cccc(C(=O)O)c1N.CCN(CC)CCOC(=O)Cl. The van der Waals surface area contributed by atoms with E-state index in [9.17, 15) is 9.59 Å². The van der Waals surface area contributed by atoms with E-state index in [-0.39, 0.29) is 5.56 Å². The monoisotopic (exact) mass is 372 g/mol. The average Bonchev–Trinajstić information content (AvgIpc) is 2.58. The van der Waals surface area contributed by atoms with Gasteiger partial charge in [0.1, 0.15) is 6.61 Å². The summed E-state index contributed by atoms with van der Waals surface area (Å²) in [7, 11) is 0. The van der Waals surface area contributed by atoms with Crippen LogP contribution >= 0.6 is 11.6 Å². The average molecular weight is 373 g/mol. The van der Waals surface area contributed by atoms with Crippen LogP contribution in [0.15, 0.2) is 18.2 Å². The molecule has 1 aromatic carbocycles. The van der Waals surface area contributed by atoms with Crippen LogP contribution in [0.4, 0.5) is 10.5 Å². The Balaban J connectivity index is 0.000000477. The van der Waals surface area contributed by atoms with Crippen LogP contribution in [0.25, 0.3) is 0 Å². The van der Waals surface area contributed by atoms with Crippen LogP contribution in [0.5, 0.6) is 0 Å². The molecule has 0 aliphatic carbocycles. The van der Waals surface area contributed by atoms with Crippen LogP contribution in [0.3, 0.4) is 0 Å². The number of hydrogen-bond acceptors (Lipinski definition) is 5. The molecule has 0 amide bonds. The van der Waals surface area contributed by atoms with Crippen LogP contribution in [0, 0.1) is 0 Å². The zero-order valence-corrected chi connectivity index (χ0v) is 16.0. The molecule has 0 saturated carbocycles. The minimum absolute atomic E-state index is 0.207. The number of para-hydroxylation sites is 1. The molecule has 0 aromatic heterocycles. The highest BCUT2D eigenvalue weighted by Crippen LogP contribution is 2.19. The summed E-state index contributed by atoms with van der Waals surface area (Å²) < 4.78 is 4.56. The van der Waals surface area contributed by atoms with Crippen molar-refractivity contribution in [2.24, 2.45) is 0 Å². The zero-order chi connectivity index (χ0) is 19.2. The molecule has 0 aliphatic rings. The first kappa shape index (κ1) is 23.2. The van der Waals surface area contributed by atoms with Crippen molar-refractivity contribution in [1.29, 1.82) is 0 Å². The Morgan fingerprint density at radius 3 is 2.36 bits per heavy atom. The molecular weight excluding hydrogens is 344 g/mol. The quantitative estimate of drug-likeness (QED) is 0.502. The molecule has 0 fully saturated rings. The minimum atomic E-state index is -0.958. The Morgan fingerprint density at radius 2 is 1.88 bits per heavy atom. The first-order valence-corrected chi connectivity index (χ1v) is 8.90. The molecule has 0 bridgehead atoms. The van der Waals surface area contributed by atoms with Gasteiger partial charge in [-0.05, 0) is 37.6 Å². The maximum absolute atomic E-state index is 10.8. The van der Waals surface area contributed by atoms with E-state index in [1.807, 2.05) is 6.07 Å². The highest BCUT2D eigenvalue weighted by molar-refractivity contribution is 6.61. The number of aromatic carboxylic acids is 1. The summed E-state index contributed by atoms with van der Waals surface area (Å²) >= 11 is 4.97. The third-order valence-corrected chi connectivity index (χ3v) is 3.85. The van der Waals surface area contributed by atoms with Crippen molar-refractivity contribution in [3.05, 3.63) is 29.3 Å². The number of halogens is 1. The number of nitrogen functional groups attached to an aromatic ring is 1. The molecule has 0 atom stereocenters. The van der Waals surface area contributed by atoms with Gasteiger partial charge in [-0.1, -0.05) is 39.3 Å². The molecule has 142 valence electrons. The fourth-order valence-electron chi connectivity index (χ4n) is 2.18. The molecule has 0 aliphatic heterocycles. The van der Waals surface area contributed by atoms with E-state index in [1.165, 1.54) is 6.07 Å². The van der Waals surface area contributed by atoms with Gasteiger partial charge in [0, 0.05) is 23.8 Å². The summed E-state index contributed by atoms with van der Waals surface area (Å²) in [6.45, 7) is 9.29. The van der Waals surface area contributed by atoms with Crippen molar-refractivity contribution in [3.8, 4) is 0 Å². The van der Waals surface area contributed by atoms with Crippen LogP contribution in [0.2, 0.25) is 0 Å². The standard InChI is InChI=1S/C11H15NO2.C7H14ClNO2/c1-2-3-5-8-6-4-7-9(10(8)12)11(13)14;1-3-9(4-2)5-6-11-7(8)10/h4,6-7H,2-3,5,12H2,1H3,(H,13,14);3-6H2,1-2H3. The summed E-state index contributed by atoms with van der Waals surface area (Å²) in [5.41, 5.74) is 6.57. The van der Waals surface area contributed by atoms with Gasteiger partial charge in [0.2, 0.25) is 0 Å². The molecular formula is C18H29ClN2O4. The van der Waals surface area contributed by atoms with Crippen LogP contribution < -0.4 is 5.73 Å². The predicted molar refractivity (Wildman–Crippen MR) is 101 cm³/mol. The van der Waals surface area contributed by atoms with Crippen molar-refractivity contribution in [3.63, 3.8) is 0 Å². The van der Waals surface area contributed by atoms with E-state index in [0.29, 0.717) is 12.3 Å². The summed E-state index contributed by atoms with van der Waals surface area (Å²) in [4.78, 5) is 23.0. The molecule has 0 radical (unpaired) electrons. The highest BCUT2D eigenvalue weighted by atomic mass is 35.5. The smallest absolute Gasteiger partial charge is 0.403 e. The summed E-state index contributed by atoms with van der Waals surface area (Å²) in [5, 5.41) is 8.84. The number of carbonyl (C=O) groups excluding carboxylic acids is 1. The summed E-state index contributed by atoms with van der Waals surface area (Å²) in [6.07, 6.45) is 2.97. The molecule has 0 spiro atoms. The van der Waals surface area contributed by atoms with Gasteiger partial charge in [0.15, 0.2) is 0 Å². The Labute approximate surface area is 154 Å². The van der Waals surface area contributed by atoms with Crippen molar-refractivity contribution in [2.45, 2.75) is 40.0 Å². The lowest BCUT2D eigenvalue weighted by molar-refractivity contribution is 0.0698. The molecule has 6 nitrogen and oxygen atoms in total. The molecule has 0 saturated heterocycles. The van der Waals surface area contributed by atoms with Crippen molar-refractivity contribution < 1.29 is 19.4 Å². The van der Waals surface area contributed by atoms with Crippen LogP contribution in [-0.2, 0) is 11.2 Å². The number of nitrogens with two attached hydrogens (primary N) is 1. The number of unbranched alkanes of at least 4 members (excludes halogenated alkanes) is 1. The van der Waals surface area contributed by atoms with E-state index in [0.717, 1.165) is 44.5 Å². The predicted octanol–water partition coefficient (Wildman–Crippen LogP) is 4.01. The van der Waals surface area contributed by atoms with E-state index in [2.05, 4.69) is 30.4 Å². The van der Waals surface area contributed by atoms with Crippen molar-refractivity contribution in [1.82, 2.24) is 4.90 Å². The Bertz CT molecular complexity index is 534. The summed E-state index contributed by atoms with van der Waals surface area (Å²) in [5.74, 6) is -0.958. The fraction of sp³-hybridized carbons (Fsp3) is 0.556. The number of hydrogen-bond donors (Lipinski definition) is 2. The molecule has 3 N–H and O–H groups in total. The highest BCUT2D eigenvalue weighted by Gasteiger charge is 2.09. The van der Waals surface area contributed by atoms with Crippen LogP contribution in [-0.4, -0.2) is 47.6 Å². The largest absolute Gasteiger partial charge is 0.478 e. The van der Waals surface area contributed by atoms with Gasteiger partial charge in [-0.3, -0.25) is 0 Å². The number of carboxylic acids is 1. The van der Waals surface area contributed by atoms with Crippen molar-refractivity contribution >= 4 is 28.7 Å². The number of ether oxygens (including phenoxy) is 1. The minimum Gasteiger partial charge on any atom is -0.478 e. The van der Waals surface area contributed by atoms with E-state index < -0.39 is 11.4 Å². The first-order valence-electron chi connectivity index (χ1n) is 8.52. The molecule has 1 rings (SSSR count). The number of benzene rings is 1. The zero-order valence-electron chi connectivity index (χ0n) is 15.3. The van der Waals surface area contributed by atoms with Gasteiger partial charge in [-0.15, -0.1) is 0 Å². The number of carboxylic acid groups (broad SMARTS) is 1. The first-order chi connectivity index (χ1) is 11.9. The Kier molecular flexibility index (Phi) is 12.5. The normalized spacial score (nSPS) is 10.1. The number of anilines is 1. The van der Waals surface area contributed by atoms with Crippen LogP contribution in [0.1, 0.15) is 49.5 Å². The van der Waals surface area contributed by atoms with E-state index in [4.69, 9.17) is 22.4 Å². The molecule has 1 aromatic rings. The maximum Gasteiger partial charge on any atom is 0.403 e. The van der Waals surface area contributed by atoms with E-state index in [1.54, 1.807) is 6.07 Å². The maximum atomic E-state index is 10.8. The third-order valence-electron chi connectivity index (χ3n) is 3.74. The second kappa shape index (κ2) is 13.5. The van der Waals surface area contributed by atoms with Gasteiger partial charge in [0.25, 0.3) is 0 Å². The number of carbonyl (C=O) groups is 2. The van der Waals surface area contributed by atoms with Gasteiger partial charge in [-0.2, -0.15) is 0 Å². The molecule has 25 heavy (non-hydrogen) atoms. The topological polar surface area (TPSA) is 92.9 Å². The van der Waals surface area contributed by atoms with Gasteiger partial charge >= 0.3 is 11.4 Å². The number of rotatable bonds is 9. The lowest BCUT2D eigenvalue weighted by Gasteiger charge is -2.16. The lowest BCUT2D eigenvalue weighted by atomic mass is 10.0. The Morgan fingerprint density at radius 1 is 1.24 bits per heavy atom. The van der Waals surface area contributed by atoms with Crippen molar-refractivity contribution in [2.75, 3.05) is 32.0 Å². The summed E-state index contributed by atoms with van der Waals surface area (Å²) in [6, 6.07) is 5.16. The molecule has 0 heterocycles. The van der Waals surface area contributed by atoms with Gasteiger partial charge in [0.05, 0.1) is 5.56 Å². The Hall–Kier alpha value is -1.79. The second-order valence-corrected chi connectivity index (χ2v) is 5.71. The third kappa shape index (κ3) is 9.94. The second-order valence-electron chi connectivity index (χ2n) is 5.40. The molecule has 0 unspecified atom stereocenters. The number of nitrogens with zero attached hydrogens (tertiary/aromatic N) is 1. The molecule has 7 heteroatoms. The number of likely N-dealkylation sites (N-methyl/N-ethyl adjacent to an activating group) is 1. The fourth-order valence-corrected chi connectivity index (χ4v) is 2.26. The van der Waals surface area contributed by atoms with E-state index >= 15 is 0 Å². The van der Waals surface area contributed by atoms with Gasteiger partial charge in [-0.25, -0.2) is 9.59 Å². The number of aryl methyl sites for hydroxylation is 1. The lowest BCUT2D eigenvalue weighted by Crippen LogP contribution is -2.27.